The third-order valence-electron chi connectivity index (χ3n) is 3.42. The van der Waals surface area contributed by atoms with Gasteiger partial charge in [0.25, 0.3) is 0 Å². The van der Waals surface area contributed by atoms with E-state index >= 15 is 0 Å². The first kappa shape index (κ1) is 11.8. The number of likely N-dealkylation sites (N-methyl/N-ethyl adjacent to an activating group) is 1. The van der Waals surface area contributed by atoms with Crippen LogP contribution in [0.15, 0.2) is 0 Å². The number of morpholine rings is 1. The van der Waals surface area contributed by atoms with Crippen LogP contribution in [0.4, 0.5) is 0 Å². The fraction of sp³-hybridized carbons (Fsp3) is 0.909. The summed E-state index contributed by atoms with van der Waals surface area (Å²) in [7, 11) is 1.88. The standard InChI is InChI=1S/C11H20N2O3/c1-8-5-15-4-3-13(8)11(14)9-6-16-7-10(9)12-2/h8-10,12H,3-7H2,1-2H3. The molecule has 16 heavy (non-hydrogen) atoms. The Labute approximate surface area is 96.1 Å². The molecule has 0 aromatic heterocycles. The third kappa shape index (κ3) is 2.21. The number of carbonyl (C=O) groups is 1. The Hall–Kier alpha value is -0.650. The van der Waals surface area contributed by atoms with E-state index in [4.69, 9.17) is 9.47 Å². The summed E-state index contributed by atoms with van der Waals surface area (Å²) in [6.07, 6.45) is 0. The van der Waals surface area contributed by atoms with Gasteiger partial charge in [0, 0.05) is 12.6 Å². The summed E-state index contributed by atoms with van der Waals surface area (Å²) in [6.45, 7) is 5.19. The summed E-state index contributed by atoms with van der Waals surface area (Å²) in [4.78, 5) is 14.3. The average Bonchev–Trinajstić information content (AvgIpc) is 2.77. The van der Waals surface area contributed by atoms with Crippen molar-refractivity contribution in [2.24, 2.45) is 5.92 Å². The van der Waals surface area contributed by atoms with Gasteiger partial charge in [-0.25, -0.2) is 0 Å². The maximum atomic E-state index is 12.3. The summed E-state index contributed by atoms with van der Waals surface area (Å²) in [6, 6.07) is 0.335. The summed E-state index contributed by atoms with van der Waals surface area (Å²) < 4.78 is 10.7. The number of nitrogens with one attached hydrogen (secondary N) is 1. The molecule has 2 saturated heterocycles. The first-order valence-electron chi connectivity index (χ1n) is 5.87. The Kier molecular flexibility index (Phi) is 3.78. The number of amides is 1. The molecule has 2 aliphatic heterocycles. The Morgan fingerprint density at radius 1 is 1.31 bits per heavy atom. The highest BCUT2D eigenvalue weighted by atomic mass is 16.5. The van der Waals surface area contributed by atoms with E-state index in [1.54, 1.807) is 0 Å². The number of carbonyl (C=O) groups excluding carboxylic acids is 1. The Balaban J connectivity index is 2.00. The van der Waals surface area contributed by atoms with Crippen LogP contribution in [0.1, 0.15) is 6.92 Å². The van der Waals surface area contributed by atoms with Crippen molar-refractivity contribution in [2.45, 2.75) is 19.0 Å². The first-order chi connectivity index (χ1) is 7.74. The lowest BCUT2D eigenvalue weighted by Crippen LogP contribution is -2.52. The lowest BCUT2D eigenvalue weighted by Gasteiger charge is -2.35. The highest BCUT2D eigenvalue weighted by Gasteiger charge is 2.37. The van der Waals surface area contributed by atoms with Crippen LogP contribution in [0.2, 0.25) is 0 Å². The molecule has 0 saturated carbocycles. The van der Waals surface area contributed by atoms with Crippen molar-refractivity contribution >= 4 is 5.91 Å². The molecule has 1 amide bonds. The fourth-order valence-electron chi connectivity index (χ4n) is 2.35. The van der Waals surface area contributed by atoms with Crippen molar-refractivity contribution in [2.75, 3.05) is 40.0 Å². The molecule has 2 rings (SSSR count). The predicted molar refractivity (Wildman–Crippen MR) is 59.2 cm³/mol. The monoisotopic (exact) mass is 228 g/mol. The Bertz CT molecular complexity index is 256. The van der Waals surface area contributed by atoms with Crippen LogP contribution in [0.5, 0.6) is 0 Å². The van der Waals surface area contributed by atoms with Crippen molar-refractivity contribution in [3.8, 4) is 0 Å². The van der Waals surface area contributed by atoms with Crippen LogP contribution in [0, 0.1) is 5.92 Å². The lowest BCUT2D eigenvalue weighted by atomic mass is 10.0. The Morgan fingerprint density at radius 3 is 2.81 bits per heavy atom. The number of rotatable bonds is 2. The van der Waals surface area contributed by atoms with E-state index in [0.717, 1.165) is 0 Å². The van der Waals surface area contributed by atoms with Crippen LogP contribution in [-0.4, -0.2) is 62.9 Å². The van der Waals surface area contributed by atoms with Crippen LogP contribution >= 0.6 is 0 Å². The van der Waals surface area contributed by atoms with Crippen molar-refractivity contribution in [3.63, 3.8) is 0 Å². The maximum absolute atomic E-state index is 12.3. The molecule has 0 bridgehead atoms. The third-order valence-corrected chi connectivity index (χ3v) is 3.42. The minimum absolute atomic E-state index is 0.0365. The topological polar surface area (TPSA) is 50.8 Å². The van der Waals surface area contributed by atoms with E-state index in [1.807, 2.05) is 18.9 Å². The van der Waals surface area contributed by atoms with E-state index in [9.17, 15) is 4.79 Å². The molecule has 5 heteroatoms. The molecule has 3 unspecified atom stereocenters. The zero-order valence-corrected chi connectivity index (χ0v) is 9.94. The van der Waals surface area contributed by atoms with Crippen molar-refractivity contribution in [1.82, 2.24) is 10.2 Å². The van der Waals surface area contributed by atoms with Gasteiger partial charge >= 0.3 is 0 Å². The summed E-state index contributed by atoms with van der Waals surface area (Å²) in [5, 5.41) is 3.15. The lowest BCUT2D eigenvalue weighted by molar-refractivity contribution is -0.144. The molecule has 0 spiro atoms. The van der Waals surface area contributed by atoms with Gasteiger partial charge in [-0.1, -0.05) is 0 Å². The smallest absolute Gasteiger partial charge is 0.230 e. The van der Waals surface area contributed by atoms with Gasteiger partial charge in [0.2, 0.25) is 5.91 Å². The summed E-state index contributed by atoms with van der Waals surface area (Å²) in [5.41, 5.74) is 0. The molecule has 2 fully saturated rings. The van der Waals surface area contributed by atoms with Crippen molar-refractivity contribution in [1.29, 1.82) is 0 Å². The second kappa shape index (κ2) is 5.12. The molecule has 0 aliphatic carbocycles. The minimum Gasteiger partial charge on any atom is -0.379 e. The van der Waals surface area contributed by atoms with E-state index in [-0.39, 0.29) is 23.9 Å². The minimum atomic E-state index is -0.0365. The molecule has 2 aliphatic rings. The molecule has 0 aromatic carbocycles. The van der Waals surface area contributed by atoms with E-state index in [0.29, 0.717) is 33.0 Å². The molecule has 2 heterocycles. The van der Waals surface area contributed by atoms with Gasteiger partial charge in [0.15, 0.2) is 0 Å². The van der Waals surface area contributed by atoms with Crippen molar-refractivity contribution < 1.29 is 14.3 Å². The van der Waals surface area contributed by atoms with Crippen LogP contribution in [-0.2, 0) is 14.3 Å². The molecule has 92 valence electrons. The van der Waals surface area contributed by atoms with Crippen LogP contribution < -0.4 is 5.32 Å². The fourth-order valence-corrected chi connectivity index (χ4v) is 2.35. The zero-order chi connectivity index (χ0) is 11.5. The number of nitrogens with zero attached hydrogens (tertiary/aromatic N) is 1. The average molecular weight is 228 g/mol. The van der Waals surface area contributed by atoms with Crippen LogP contribution in [0.25, 0.3) is 0 Å². The zero-order valence-electron chi connectivity index (χ0n) is 9.94. The quantitative estimate of drug-likeness (QED) is 0.690. The van der Waals surface area contributed by atoms with Gasteiger partial charge in [-0.05, 0) is 14.0 Å². The maximum Gasteiger partial charge on any atom is 0.230 e. The van der Waals surface area contributed by atoms with Crippen LogP contribution in [0.3, 0.4) is 0 Å². The summed E-state index contributed by atoms with van der Waals surface area (Å²) in [5.74, 6) is 0.165. The second-order valence-electron chi connectivity index (χ2n) is 4.49. The Morgan fingerprint density at radius 2 is 2.12 bits per heavy atom. The van der Waals surface area contributed by atoms with E-state index < -0.39 is 0 Å². The normalized spacial score (nSPS) is 35.4. The van der Waals surface area contributed by atoms with Gasteiger partial charge in [-0.2, -0.15) is 0 Å². The SMILES string of the molecule is CNC1COCC1C(=O)N1CCOCC1C. The predicted octanol–water partition coefficient (Wildman–Crippen LogP) is -0.532. The number of hydrogen-bond acceptors (Lipinski definition) is 4. The second-order valence-corrected chi connectivity index (χ2v) is 4.49. The molecule has 3 atom stereocenters. The molecule has 0 aromatic rings. The highest BCUT2D eigenvalue weighted by Crippen LogP contribution is 2.19. The number of ether oxygens (including phenoxy) is 2. The first-order valence-corrected chi connectivity index (χ1v) is 5.87. The van der Waals surface area contributed by atoms with Gasteiger partial charge in [0.05, 0.1) is 38.4 Å². The van der Waals surface area contributed by atoms with E-state index in [2.05, 4.69) is 5.32 Å². The van der Waals surface area contributed by atoms with Gasteiger partial charge in [0.1, 0.15) is 0 Å². The molecular weight excluding hydrogens is 208 g/mol. The molecule has 5 nitrogen and oxygen atoms in total. The molecule has 1 N–H and O–H groups in total. The van der Waals surface area contributed by atoms with Gasteiger partial charge < -0.3 is 19.7 Å². The summed E-state index contributed by atoms with van der Waals surface area (Å²) >= 11 is 0. The van der Waals surface area contributed by atoms with E-state index in [1.165, 1.54) is 0 Å². The molecule has 0 radical (unpaired) electrons. The molecular formula is C11H20N2O3. The number of hydrogen-bond donors (Lipinski definition) is 1. The van der Waals surface area contributed by atoms with Gasteiger partial charge in [-0.15, -0.1) is 0 Å². The largest absolute Gasteiger partial charge is 0.379 e. The van der Waals surface area contributed by atoms with Gasteiger partial charge in [-0.3, -0.25) is 4.79 Å². The highest BCUT2D eigenvalue weighted by molar-refractivity contribution is 5.80. The van der Waals surface area contributed by atoms with Crippen molar-refractivity contribution in [3.05, 3.63) is 0 Å².